The zero-order chi connectivity index (χ0) is 23.9. The summed E-state index contributed by atoms with van der Waals surface area (Å²) in [5.41, 5.74) is 7.65. The van der Waals surface area contributed by atoms with Crippen LogP contribution in [-0.4, -0.2) is 49.1 Å². The minimum absolute atomic E-state index is 0.281. The molecule has 35 heavy (non-hydrogen) atoms. The Bertz CT molecular complexity index is 1680. The van der Waals surface area contributed by atoms with Crippen LogP contribution in [0.15, 0.2) is 73.2 Å². The molecule has 0 aliphatic heterocycles. The van der Waals surface area contributed by atoms with Crippen LogP contribution in [0, 0.1) is 5.82 Å². The number of para-hydroxylation sites is 1. The van der Waals surface area contributed by atoms with Gasteiger partial charge in [-0.15, -0.1) is 0 Å². The van der Waals surface area contributed by atoms with E-state index < -0.39 is 0 Å². The summed E-state index contributed by atoms with van der Waals surface area (Å²) in [4.78, 5) is 19.3. The number of fused-ring (bicyclic) bond motifs is 2. The molecule has 0 amide bonds. The van der Waals surface area contributed by atoms with E-state index in [1.807, 2.05) is 57.0 Å². The summed E-state index contributed by atoms with van der Waals surface area (Å²) in [5.74, 6) is 0.338. The van der Waals surface area contributed by atoms with Crippen molar-refractivity contribution < 1.29 is 4.39 Å². The van der Waals surface area contributed by atoms with Gasteiger partial charge in [0.25, 0.3) is 0 Å². The standard InChI is InChI=1S/C27H22FN7/c1-35(2)15-16-9-18(13-29-12-16)19-11-22-25(33-34-26(22)30-14-19)27-31-23-8-4-7-21(24(23)32-27)17-5-3-6-20(28)10-17/h3-14H,15H2,1-2H3,(H,31,32)(H,30,33,34). The van der Waals surface area contributed by atoms with Gasteiger partial charge in [-0.3, -0.25) is 10.1 Å². The molecule has 0 fully saturated rings. The highest BCUT2D eigenvalue weighted by atomic mass is 19.1. The van der Waals surface area contributed by atoms with Gasteiger partial charge in [-0.05, 0) is 55.6 Å². The fourth-order valence-corrected chi connectivity index (χ4v) is 4.37. The topological polar surface area (TPSA) is 86.4 Å². The smallest absolute Gasteiger partial charge is 0.159 e. The van der Waals surface area contributed by atoms with E-state index >= 15 is 0 Å². The largest absolute Gasteiger partial charge is 0.337 e. The number of imidazole rings is 1. The van der Waals surface area contributed by atoms with Gasteiger partial charge in [0.05, 0.1) is 16.4 Å². The van der Waals surface area contributed by atoms with Crippen molar-refractivity contribution in [2.75, 3.05) is 14.1 Å². The van der Waals surface area contributed by atoms with E-state index in [-0.39, 0.29) is 5.82 Å². The second-order valence-corrected chi connectivity index (χ2v) is 8.81. The number of hydrogen-bond donors (Lipinski definition) is 2. The van der Waals surface area contributed by atoms with Crippen LogP contribution < -0.4 is 0 Å². The number of halogens is 1. The predicted molar refractivity (Wildman–Crippen MR) is 135 cm³/mol. The number of rotatable bonds is 5. The SMILES string of the molecule is CN(C)Cc1cncc(-c2cnc3[nH]nc(-c4nc5c(-c6cccc(F)c6)cccc5[nH]4)c3c2)c1. The molecule has 2 aromatic carbocycles. The van der Waals surface area contributed by atoms with Gasteiger partial charge in [-0.2, -0.15) is 5.10 Å². The maximum Gasteiger partial charge on any atom is 0.159 e. The third kappa shape index (κ3) is 3.94. The quantitative estimate of drug-likeness (QED) is 0.356. The van der Waals surface area contributed by atoms with E-state index in [4.69, 9.17) is 4.98 Å². The second kappa shape index (κ2) is 8.41. The molecule has 0 aliphatic rings. The monoisotopic (exact) mass is 463 g/mol. The van der Waals surface area contributed by atoms with Crippen LogP contribution in [-0.2, 0) is 6.54 Å². The average molecular weight is 464 g/mol. The molecule has 0 radical (unpaired) electrons. The molecule has 8 heteroatoms. The van der Waals surface area contributed by atoms with Gasteiger partial charge < -0.3 is 9.88 Å². The minimum Gasteiger partial charge on any atom is -0.337 e. The summed E-state index contributed by atoms with van der Waals surface area (Å²) in [6.07, 6.45) is 5.54. The summed E-state index contributed by atoms with van der Waals surface area (Å²) in [7, 11) is 4.07. The number of benzene rings is 2. The summed E-state index contributed by atoms with van der Waals surface area (Å²) >= 11 is 0. The number of hydrogen-bond acceptors (Lipinski definition) is 5. The van der Waals surface area contributed by atoms with Crippen molar-refractivity contribution in [3.05, 3.63) is 84.6 Å². The highest BCUT2D eigenvalue weighted by Gasteiger charge is 2.16. The normalized spacial score (nSPS) is 11.7. The fourth-order valence-electron chi connectivity index (χ4n) is 4.37. The summed E-state index contributed by atoms with van der Waals surface area (Å²) < 4.78 is 13.9. The van der Waals surface area contributed by atoms with Gasteiger partial charge in [0.15, 0.2) is 11.5 Å². The Hall–Kier alpha value is -4.43. The van der Waals surface area contributed by atoms with E-state index in [0.29, 0.717) is 17.2 Å². The molecule has 6 rings (SSSR count). The average Bonchev–Trinajstić information content (AvgIpc) is 3.47. The zero-order valence-corrected chi connectivity index (χ0v) is 19.2. The summed E-state index contributed by atoms with van der Waals surface area (Å²) in [5, 5.41) is 8.37. The highest BCUT2D eigenvalue weighted by Crippen LogP contribution is 2.32. The molecule has 4 aromatic heterocycles. The van der Waals surface area contributed by atoms with Crippen LogP contribution in [0.2, 0.25) is 0 Å². The van der Waals surface area contributed by atoms with Crippen molar-refractivity contribution in [1.29, 1.82) is 0 Å². The van der Waals surface area contributed by atoms with Crippen LogP contribution >= 0.6 is 0 Å². The Balaban J connectivity index is 1.45. The lowest BCUT2D eigenvalue weighted by Crippen LogP contribution is -2.10. The molecule has 6 aromatic rings. The third-order valence-corrected chi connectivity index (χ3v) is 5.92. The van der Waals surface area contributed by atoms with Crippen molar-refractivity contribution in [1.82, 2.24) is 35.0 Å². The van der Waals surface area contributed by atoms with Gasteiger partial charge in [0.2, 0.25) is 0 Å². The lowest BCUT2D eigenvalue weighted by atomic mass is 10.0. The van der Waals surface area contributed by atoms with E-state index in [9.17, 15) is 4.39 Å². The molecule has 7 nitrogen and oxygen atoms in total. The van der Waals surface area contributed by atoms with Gasteiger partial charge in [0, 0.05) is 41.8 Å². The number of aromatic nitrogens is 6. The molecule has 0 saturated heterocycles. The van der Waals surface area contributed by atoms with Gasteiger partial charge in [0.1, 0.15) is 11.5 Å². The molecule has 0 unspecified atom stereocenters. The maximum absolute atomic E-state index is 13.9. The van der Waals surface area contributed by atoms with E-state index in [2.05, 4.69) is 42.2 Å². The number of pyridine rings is 2. The molecule has 0 saturated carbocycles. The Morgan fingerprint density at radius 2 is 1.77 bits per heavy atom. The molecule has 0 spiro atoms. The van der Waals surface area contributed by atoms with Crippen LogP contribution in [0.1, 0.15) is 5.56 Å². The first-order valence-electron chi connectivity index (χ1n) is 11.2. The van der Waals surface area contributed by atoms with E-state index in [1.54, 1.807) is 6.07 Å². The molecule has 0 atom stereocenters. The lowest BCUT2D eigenvalue weighted by Gasteiger charge is -2.10. The predicted octanol–water partition coefficient (Wildman–Crippen LogP) is 5.43. The second-order valence-electron chi connectivity index (χ2n) is 8.81. The molecule has 2 N–H and O–H groups in total. The zero-order valence-electron chi connectivity index (χ0n) is 19.2. The van der Waals surface area contributed by atoms with Crippen molar-refractivity contribution in [2.45, 2.75) is 6.54 Å². The van der Waals surface area contributed by atoms with Crippen LogP contribution in [0.3, 0.4) is 0 Å². The Kier molecular flexibility index (Phi) is 5.08. The first kappa shape index (κ1) is 21.1. The van der Waals surface area contributed by atoms with Crippen molar-refractivity contribution in [3.8, 4) is 33.8 Å². The van der Waals surface area contributed by atoms with Gasteiger partial charge in [-0.25, -0.2) is 14.4 Å². The maximum atomic E-state index is 13.9. The molecular weight excluding hydrogens is 441 g/mol. The van der Waals surface area contributed by atoms with Crippen molar-refractivity contribution in [3.63, 3.8) is 0 Å². The number of nitrogens with zero attached hydrogens (tertiary/aromatic N) is 5. The van der Waals surface area contributed by atoms with E-state index in [1.165, 1.54) is 12.1 Å². The van der Waals surface area contributed by atoms with Crippen LogP contribution in [0.4, 0.5) is 4.39 Å². The molecular formula is C27H22FN7. The molecule has 4 heterocycles. The van der Waals surface area contributed by atoms with Crippen LogP contribution in [0.5, 0.6) is 0 Å². The number of aromatic amines is 2. The van der Waals surface area contributed by atoms with Crippen LogP contribution in [0.25, 0.3) is 55.8 Å². The van der Waals surface area contributed by atoms with E-state index in [0.717, 1.165) is 50.8 Å². The Morgan fingerprint density at radius 1 is 0.914 bits per heavy atom. The number of H-pyrrole nitrogens is 2. The fraction of sp³-hybridized carbons (Fsp3) is 0.111. The summed E-state index contributed by atoms with van der Waals surface area (Å²) in [6, 6.07) is 16.5. The number of nitrogens with one attached hydrogen (secondary N) is 2. The van der Waals surface area contributed by atoms with Gasteiger partial charge in [-0.1, -0.05) is 24.3 Å². The molecule has 0 aliphatic carbocycles. The lowest BCUT2D eigenvalue weighted by molar-refractivity contribution is 0.402. The Labute approximate surface area is 200 Å². The van der Waals surface area contributed by atoms with Crippen molar-refractivity contribution in [2.24, 2.45) is 0 Å². The third-order valence-electron chi connectivity index (χ3n) is 5.92. The van der Waals surface area contributed by atoms with Crippen molar-refractivity contribution >= 4 is 22.1 Å². The first-order valence-corrected chi connectivity index (χ1v) is 11.2. The first-order chi connectivity index (χ1) is 17.0. The minimum atomic E-state index is -0.281. The van der Waals surface area contributed by atoms with Gasteiger partial charge >= 0.3 is 0 Å². The molecule has 172 valence electrons. The summed E-state index contributed by atoms with van der Waals surface area (Å²) in [6.45, 7) is 0.806. The highest BCUT2D eigenvalue weighted by molar-refractivity contribution is 5.97. The molecule has 0 bridgehead atoms. The Morgan fingerprint density at radius 3 is 2.63 bits per heavy atom.